The van der Waals surface area contributed by atoms with E-state index in [1.165, 1.54) is 6.07 Å². The summed E-state index contributed by atoms with van der Waals surface area (Å²) in [5.41, 5.74) is 2.58. The highest BCUT2D eigenvalue weighted by Gasteiger charge is 2.12. The van der Waals surface area contributed by atoms with Gasteiger partial charge in [-0.05, 0) is 48.9 Å². The standard InChI is InChI=1S/C25H20Cl2FN3O2/c1-16-11-24(30-31(16)14-19-6-2-3-8-22(19)28)29-25(32)18-7-4-5-17(12-18)15-33-23-10-9-20(26)13-21(23)27/h2-13H,14-15H2,1H3,(H,29,30,32). The van der Waals surface area contributed by atoms with Crippen molar-refractivity contribution in [2.45, 2.75) is 20.1 Å². The molecule has 0 spiro atoms. The molecule has 0 fully saturated rings. The molecule has 0 aliphatic heterocycles. The van der Waals surface area contributed by atoms with Gasteiger partial charge in [0.05, 0.1) is 11.6 Å². The molecule has 1 aromatic heterocycles. The third kappa shape index (κ3) is 5.72. The van der Waals surface area contributed by atoms with Crippen molar-refractivity contribution in [1.82, 2.24) is 9.78 Å². The fourth-order valence-electron chi connectivity index (χ4n) is 3.26. The Labute approximate surface area is 200 Å². The van der Waals surface area contributed by atoms with E-state index in [0.29, 0.717) is 32.7 Å². The Morgan fingerprint density at radius 3 is 2.67 bits per heavy atom. The molecule has 0 saturated heterocycles. The topological polar surface area (TPSA) is 56.1 Å². The minimum atomic E-state index is -0.308. The molecule has 5 nitrogen and oxygen atoms in total. The Balaban J connectivity index is 1.42. The smallest absolute Gasteiger partial charge is 0.256 e. The van der Waals surface area contributed by atoms with Gasteiger partial charge in [-0.2, -0.15) is 5.10 Å². The molecule has 0 bridgehead atoms. The molecule has 1 amide bonds. The van der Waals surface area contributed by atoms with Crippen LogP contribution in [0.5, 0.6) is 5.75 Å². The average molecular weight is 484 g/mol. The highest BCUT2D eigenvalue weighted by Crippen LogP contribution is 2.28. The fourth-order valence-corrected chi connectivity index (χ4v) is 3.73. The number of benzene rings is 3. The number of carbonyl (C=O) groups is 1. The van der Waals surface area contributed by atoms with Gasteiger partial charge < -0.3 is 10.1 Å². The van der Waals surface area contributed by atoms with Gasteiger partial charge >= 0.3 is 0 Å². The number of nitrogens with one attached hydrogen (secondary N) is 1. The molecule has 1 heterocycles. The van der Waals surface area contributed by atoms with Crippen LogP contribution in [0, 0.1) is 12.7 Å². The second kappa shape index (κ2) is 10.1. The molecule has 168 valence electrons. The molecule has 3 aromatic carbocycles. The minimum Gasteiger partial charge on any atom is -0.487 e. The molecule has 8 heteroatoms. The second-order valence-electron chi connectivity index (χ2n) is 7.44. The van der Waals surface area contributed by atoms with Crippen molar-refractivity contribution in [2.24, 2.45) is 0 Å². The number of aryl methyl sites for hydroxylation is 1. The van der Waals surface area contributed by atoms with Gasteiger partial charge in [-0.3, -0.25) is 9.48 Å². The lowest BCUT2D eigenvalue weighted by atomic mass is 10.1. The van der Waals surface area contributed by atoms with Crippen molar-refractivity contribution in [2.75, 3.05) is 5.32 Å². The van der Waals surface area contributed by atoms with E-state index in [1.54, 1.807) is 65.3 Å². The summed E-state index contributed by atoms with van der Waals surface area (Å²) in [6.45, 7) is 2.36. The zero-order valence-electron chi connectivity index (χ0n) is 17.7. The quantitative estimate of drug-likeness (QED) is 0.325. The molecule has 0 radical (unpaired) electrons. The summed E-state index contributed by atoms with van der Waals surface area (Å²) in [6.07, 6.45) is 0. The van der Waals surface area contributed by atoms with Crippen LogP contribution in [-0.2, 0) is 13.2 Å². The number of amides is 1. The molecule has 4 rings (SSSR count). The Hall–Kier alpha value is -3.35. The lowest BCUT2D eigenvalue weighted by molar-refractivity contribution is 0.102. The van der Waals surface area contributed by atoms with Gasteiger partial charge in [-0.1, -0.05) is 53.5 Å². The number of carbonyl (C=O) groups excluding carboxylic acids is 1. The maximum atomic E-state index is 14.0. The first kappa shape index (κ1) is 22.8. The minimum absolute atomic E-state index is 0.235. The maximum Gasteiger partial charge on any atom is 0.256 e. The maximum absolute atomic E-state index is 14.0. The van der Waals surface area contributed by atoms with E-state index in [0.717, 1.165) is 11.3 Å². The van der Waals surface area contributed by atoms with E-state index < -0.39 is 0 Å². The predicted molar refractivity (Wildman–Crippen MR) is 128 cm³/mol. The van der Waals surface area contributed by atoms with Crippen LogP contribution in [0.3, 0.4) is 0 Å². The van der Waals surface area contributed by atoms with E-state index >= 15 is 0 Å². The van der Waals surface area contributed by atoms with Crippen molar-refractivity contribution in [3.05, 3.63) is 111 Å². The monoisotopic (exact) mass is 483 g/mol. The Morgan fingerprint density at radius 2 is 1.88 bits per heavy atom. The van der Waals surface area contributed by atoms with Crippen LogP contribution in [0.1, 0.15) is 27.2 Å². The highest BCUT2D eigenvalue weighted by atomic mass is 35.5. The van der Waals surface area contributed by atoms with Crippen molar-refractivity contribution < 1.29 is 13.9 Å². The fraction of sp³-hybridized carbons (Fsp3) is 0.120. The molecule has 0 aliphatic carbocycles. The van der Waals surface area contributed by atoms with E-state index in [4.69, 9.17) is 27.9 Å². The van der Waals surface area contributed by atoms with Gasteiger partial charge in [-0.25, -0.2) is 4.39 Å². The number of ether oxygens (including phenoxy) is 1. The summed E-state index contributed by atoms with van der Waals surface area (Å²) >= 11 is 12.0. The first-order valence-corrected chi connectivity index (χ1v) is 10.9. The third-order valence-electron chi connectivity index (χ3n) is 4.98. The summed E-state index contributed by atoms with van der Waals surface area (Å²) in [7, 11) is 0. The summed E-state index contributed by atoms with van der Waals surface area (Å²) < 4.78 is 21.4. The normalized spacial score (nSPS) is 10.8. The number of aromatic nitrogens is 2. The van der Waals surface area contributed by atoms with E-state index in [9.17, 15) is 9.18 Å². The largest absolute Gasteiger partial charge is 0.487 e. The van der Waals surface area contributed by atoms with Gasteiger partial charge in [-0.15, -0.1) is 0 Å². The van der Waals surface area contributed by atoms with Gasteiger partial charge in [0.2, 0.25) is 0 Å². The number of anilines is 1. The predicted octanol–water partition coefficient (Wildman–Crippen LogP) is 6.52. The van der Waals surface area contributed by atoms with Crippen molar-refractivity contribution in [1.29, 1.82) is 0 Å². The van der Waals surface area contributed by atoms with Crippen LogP contribution in [-0.4, -0.2) is 15.7 Å². The Bertz CT molecular complexity index is 1310. The summed E-state index contributed by atoms with van der Waals surface area (Å²) in [6, 6.07) is 20.4. The Morgan fingerprint density at radius 1 is 1.06 bits per heavy atom. The molecule has 4 aromatic rings. The van der Waals surface area contributed by atoms with Crippen LogP contribution in [0.4, 0.5) is 10.2 Å². The number of halogens is 3. The molecule has 0 unspecified atom stereocenters. The van der Waals surface area contributed by atoms with Gasteiger partial charge in [0.15, 0.2) is 5.82 Å². The second-order valence-corrected chi connectivity index (χ2v) is 8.28. The number of hydrogen-bond acceptors (Lipinski definition) is 3. The molecular weight excluding hydrogens is 464 g/mol. The SMILES string of the molecule is Cc1cc(NC(=O)c2cccc(COc3ccc(Cl)cc3Cl)c2)nn1Cc1ccccc1F. The number of hydrogen-bond donors (Lipinski definition) is 1. The van der Waals surface area contributed by atoms with Crippen LogP contribution in [0.2, 0.25) is 10.0 Å². The molecular formula is C25H20Cl2FN3O2. The molecule has 0 atom stereocenters. The zero-order chi connectivity index (χ0) is 23.4. The van der Waals surface area contributed by atoms with E-state index in [2.05, 4.69) is 10.4 Å². The zero-order valence-corrected chi connectivity index (χ0v) is 19.2. The van der Waals surface area contributed by atoms with Crippen LogP contribution in [0.15, 0.2) is 72.8 Å². The van der Waals surface area contributed by atoms with E-state index in [-0.39, 0.29) is 24.9 Å². The van der Waals surface area contributed by atoms with Crippen LogP contribution < -0.4 is 10.1 Å². The highest BCUT2D eigenvalue weighted by molar-refractivity contribution is 6.35. The third-order valence-corrected chi connectivity index (χ3v) is 5.51. The average Bonchev–Trinajstić information content (AvgIpc) is 3.13. The number of rotatable bonds is 7. The summed E-state index contributed by atoms with van der Waals surface area (Å²) in [4.78, 5) is 12.8. The van der Waals surface area contributed by atoms with Gasteiger partial charge in [0.25, 0.3) is 5.91 Å². The van der Waals surface area contributed by atoms with Gasteiger partial charge in [0.1, 0.15) is 18.2 Å². The van der Waals surface area contributed by atoms with E-state index in [1.807, 2.05) is 13.0 Å². The van der Waals surface area contributed by atoms with Crippen molar-refractivity contribution in [3.8, 4) is 5.75 Å². The van der Waals surface area contributed by atoms with Crippen LogP contribution >= 0.6 is 23.2 Å². The lowest BCUT2D eigenvalue weighted by Gasteiger charge is -2.09. The summed E-state index contributed by atoms with van der Waals surface area (Å²) in [5, 5.41) is 8.13. The first-order valence-electron chi connectivity index (χ1n) is 10.1. The Kier molecular flexibility index (Phi) is 6.96. The molecule has 1 N–H and O–H groups in total. The molecule has 0 saturated carbocycles. The van der Waals surface area contributed by atoms with Gasteiger partial charge in [0, 0.05) is 27.9 Å². The van der Waals surface area contributed by atoms with Crippen molar-refractivity contribution >= 4 is 34.9 Å². The van der Waals surface area contributed by atoms with Crippen LogP contribution in [0.25, 0.3) is 0 Å². The first-order chi connectivity index (χ1) is 15.9. The molecule has 33 heavy (non-hydrogen) atoms. The number of nitrogens with zero attached hydrogens (tertiary/aromatic N) is 2. The lowest BCUT2D eigenvalue weighted by Crippen LogP contribution is -2.13. The van der Waals surface area contributed by atoms with Crippen molar-refractivity contribution in [3.63, 3.8) is 0 Å². The molecule has 0 aliphatic rings. The summed E-state index contributed by atoms with van der Waals surface area (Å²) in [5.74, 6) is 0.295.